The lowest BCUT2D eigenvalue weighted by molar-refractivity contribution is -0.384. The van der Waals surface area contributed by atoms with Crippen LogP contribution in [-0.2, 0) is 4.57 Å². The summed E-state index contributed by atoms with van der Waals surface area (Å²) in [4.78, 5) is 9.96. The molecule has 0 amide bonds. The standard InChI is InChI=1S/C12H9NO4P/c14-13(15)10-6-8-11(9-7-10)17-18(16)12-4-2-1-3-5-12/h1-9H. The fourth-order valence-electron chi connectivity index (χ4n) is 1.33. The van der Waals surface area contributed by atoms with Crippen LogP contribution in [-0.4, -0.2) is 4.92 Å². The van der Waals surface area contributed by atoms with Crippen LogP contribution in [0.1, 0.15) is 0 Å². The molecule has 2 rings (SSSR count). The maximum absolute atomic E-state index is 11.8. The quantitative estimate of drug-likeness (QED) is 0.482. The van der Waals surface area contributed by atoms with Gasteiger partial charge in [0, 0.05) is 12.1 Å². The molecule has 1 atom stereocenters. The number of nitrogens with zero attached hydrogens (tertiary/aromatic N) is 1. The second-order valence-corrected chi connectivity index (χ2v) is 4.65. The molecule has 0 heterocycles. The van der Waals surface area contributed by atoms with Crippen molar-refractivity contribution in [1.82, 2.24) is 0 Å². The first-order valence-corrected chi connectivity index (χ1v) is 6.29. The van der Waals surface area contributed by atoms with Gasteiger partial charge >= 0.3 is 8.03 Å². The molecular formula is C12H9NO4P. The molecule has 0 saturated carbocycles. The number of hydrogen-bond acceptors (Lipinski definition) is 4. The molecule has 0 spiro atoms. The SMILES string of the molecule is O=[N+]([O-])c1ccc(O[P](=O)c2ccccc2)cc1. The van der Waals surface area contributed by atoms with Gasteiger partial charge in [0.1, 0.15) is 5.75 Å². The first-order valence-electron chi connectivity index (χ1n) is 5.11. The zero-order chi connectivity index (χ0) is 13.0. The summed E-state index contributed by atoms with van der Waals surface area (Å²) < 4.78 is 17.0. The zero-order valence-corrected chi connectivity index (χ0v) is 10.1. The van der Waals surface area contributed by atoms with Gasteiger partial charge in [0.25, 0.3) is 5.69 Å². The fraction of sp³-hybridized carbons (Fsp3) is 0. The highest BCUT2D eigenvalue weighted by Gasteiger charge is 2.09. The summed E-state index contributed by atoms with van der Waals surface area (Å²) in [6.45, 7) is 0. The van der Waals surface area contributed by atoms with Gasteiger partial charge in [-0.05, 0) is 24.3 Å². The molecule has 91 valence electrons. The third kappa shape index (κ3) is 2.90. The van der Waals surface area contributed by atoms with E-state index < -0.39 is 13.0 Å². The third-order valence-corrected chi connectivity index (χ3v) is 3.30. The van der Waals surface area contributed by atoms with Crippen LogP contribution >= 0.6 is 8.03 Å². The van der Waals surface area contributed by atoms with Crippen LogP contribution in [0.5, 0.6) is 5.75 Å². The molecule has 5 nitrogen and oxygen atoms in total. The highest BCUT2D eigenvalue weighted by atomic mass is 31.1. The van der Waals surface area contributed by atoms with Crippen LogP contribution in [0, 0.1) is 10.1 Å². The maximum Gasteiger partial charge on any atom is 0.302 e. The second-order valence-electron chi connectivity index (χ2n) is 3.43. The maximum atomic E-state index is 11.8. The molecule has 0 bridgehead atoms. The number of nitro benzene ring substituents is 1. The molecular weight excluding hydrogens is 253 g/mol. The lowest BCUT2D eigenvalue weighted by Crippen LogP contribution is -1.98. The lowest BCUT2D eigenvalue weighted by atomic mass is 10.3. The van der Waals surface area contributed by atoms with Gasteiger partial charge in [-0.2, -0.15) is 0 Å². The van der Waals surface area contributed by atoms with Crippen molar-refractivity contribution in [1.29, 1.82) is 0 Å². The van der Waals surface area contributed by atoms with Crippen LogP contribution in [0.2, 0.25) is 0 Å². The minimum atomic E-state index is -2.00. The Labute approximate surface area is 104 Å². The zero-order valence-electron chi connectivity index (χ0n) is 9.22. The number of non-ortho nitro benzene ring substituents is 1. The van der Waals surface area contributed by atoms with Crippen molar-refractivity contribution >= 4 is 19.0 Å². The van der Waals surface area contributed by atoms with Crippen molar-refractivity contribution in [3.05, 3.63) is 64.7 Å². The molecule has 0 aromatic heterocycles. The van der Waals surface area contributed by atoms with Crippen LogP contribution < -0.4 is 9.83 Å². The summed E-state index contributed by atoms with van der Waals surface area (Å²) in [6.07, 6.45) is 0. The van der Waals surface area contributed by atoms with Crippen molar-refractivity contribution in [2.45, 2.75) is 0 Å². The van der Waals surface area contributed by atoms with E-state index in [0.29, 0.717) is 11.1 Å². The molecule has 1 radical (unpaired) electrons. The van der Waals surface area contributed by atoms with E-state index in [2.05, 4.69) is 0 Å². The Hall–Kier alpha value is -2.26. The Morgan fingerprint density at radius 1 is 1.00 bits per heavy atom. The Bertz CT molecular complexity index is 568. The average Bonchev–Trinajstić information content (AvgIpc) is 2.40. The van der Waals surface area contributed by atoms with Gasteiger partial charge in [-0.15, -0.1) is 0 Å². The normalized spacial score (nSPS) is 10.8. The van der Waals surface area contributed by atoms with E-state index in [1.54, 1.807) is 24.3 Å². The molecule has 18 heavy (non-hydrogen) atoms. The molecule has 1 unspecified atom stereocenters. The molecule has 0 aliphatic carbocycles. The smallest absolute Gasteiger partial charge is 0.302 e. The second kappa shape index (κ2) is 5.38. The first-order chi connectivity index (χ1) is 8.66. The number of benzene rings is 2. The van der Waals surface area contributed by atoms with Gasteiger partial charge in [-0.1, -0.05) is 18.2 Å². The summed E-state index contributed by atoms with van der Waals surface area (Å²) in [5, 5.41) is 11.0. The van der Waals surface area contributed by atoms with Crippen molar-refractivity contribution in [2.75, 3.05) is 0 Å². The van der Waals surface area contributed by atoms with Crippen LogP contribution in [0.15, 0.2) is 54.6 Å². The molecule has 0 aliphatic rings. The summed E-state index contributed by atoms with van der Waals surface area (Å²) in [7, 11) is -2.00. The summed E-state index contributed by atoms with van der Waals surface area (Å²) >= 11 is 0. The predicted molar refractivity (Wildman–Crippen MR) is 67.4 cm³/mol. The molecule has 0 aliphatic heterocycles. The topological polar surface area (TPSA) is 69.4 Å². The first kappa shape index (κ1) is 12.2. The van der Waals surface area contributed by atoms with Gasteiger partial charge < -0.3 is 4.52 Å². The molecule has 0 N–H and O–H groups in total. The predicted octanol–water partition coefficient (Wildman–Crippen LogP) is 3.04. The van der Waals surface area contributed by atoms with Gasteiger partial charge in [0.15, 0.2) is 0 Å². The van der Waals surface area contributed by atoms with E-state index in [1.807, 2.05) is 6.07 Å². The number of rotatable bonds is 4. The average molecular weight is 262 g/mol. The van der Waals surface area contributed by atoms with Crippen molar-refractivity contribution in [2.24, 2.45) is 0 Å². The van der Waals surface area contributed by atoms with Crippen molar-refractivity contribution in [3.63, 3.8) is 0 Å². The van der Waals surface area contributed by atoms with Crippen LogP contribution in [0.25, 0.3) is 0 Å². The Morgan fingerprint density at radius 3 is 2.17 bits per heavy atom. The fourth-order valence-corrected chi connectivity index (χ4v) is 2.16. The van der Waals surface area contributed by atoms with Gasteiger partial charge in [0.2, 0.25) is 0 Å². The third-order valence-electron chi connectivity index (χ3n) is 2.20. The molecule has 2 aromatic carbocycles. The Morgan fingerprint density at radius 2 is 1.61 bits per heavy atom. The summed E-state index contributed by atoms with van der Waals surface area (Å²) in [6, 6.07) is 14.2. The van der Waals surface area contributed by atoms with Crippen molar-refractivity contribution < 1.29 is 14.0 Å². The van der Waals surface area contributed by atoms with Gasteiger partial charge in [-0.25, -0.2) is 4.57 Å². The van der Waals surface area contributed by atoms with Crippen LogP contribution in [0.3, 0.4) is 0 Å². The van der Waals surface area contributed by atoms with E-state index >= 15 is 0 Å². The summed E-state index contributed by atoms with van der Waals surface area (Å²) in [5.41, 5.74) is -0.0303. The molecule has 6 heteroatoms. The molecule has 0 fully saturated rings. The van der Waals surface area contributed by atoms with E-state index in [-0.39, 0.29) is 5.69 Å². The van der Waals surface area contributed by atoms with E-state index in [0.717, 1.165) is 0 Å². The van der Waals surface area contributed by atoms with E-state index in [1.165, 1.54) is 24.3 Å². The lowest BCUT2D eigenvalue weighted by Gasteiger charge is -2.03. The monoisotopic (exact) mass is 262 g/mol. The minimum Gasteiger partial charge on any atom is -0.414 e. The largest absolute Gasteiger partial charge is 0.414 e. The van der Waals surface area contributed by atoms with E-state index in [9.17, 15) is 14.7 Å². The van der Waals surface area contributed by atoms with Gasteiger partial charge in [0.05, 0.1) is 10.2 Å². The molecule has 0 saturated heterocycles. The number of hydrogen-bond donors (Lipinski definition) is 0. The van der Waals surface area contributed by atoms with Crippen LogP contribution in [0.4, 0.5) is 5.69 Å². The molecule has 2 aromatic rings. The Balaban J connectivity index is 2.10. The highest BCUT2D eigenvalue weighted by molar-refractivity contribution is 7.48. The van der Waals surface area contributed by atoms with Gasteiger partial charge in [-0.3, -0.25) is 10.1 Å². The van der Waals surface area contributed by atoms with E-state index in [4.69, 9.17) is 4.52 Å². The number of nitro groups is 1. The minimum absolute atomic E-state index is 0.0303. The Kier molecular flexibility index (Phi) is 3.65. The van der Waals surface area contributed by atoms with Crippen molar-refractivity contribution in [3.8, 4) is 5.75 Å². The highest BCUT2D eigenvalue weighted by Crippen LogP contribution is 2.27. The summed E-state index contributed by atoms with van der Waals surface area (Å²) in [5.74, 6) is 0.338.